The van der Waals surface area contributed by atoms with Gasteiger partial charge < -0.3 is 19.1 Å². The molecular formula is C28H46N4O3. The number of carbonyl (C=O) groups excluding carboxylic acids is 1. The minimum absolute atomic E-state index is 0.167. The molecule has 7 nitrogen and oxygen atoms in total. The predicted molar refractivity (Wildman–Crippen MR) is 135 cm³/mol. The van der Waals surface area contributed by atoms with Gasteiger partial charge in [0.2, 0.25) is 5.89 Å². The minimum Gasteiger partial charge on any atom is -0.444 e. The maximum absolute atomic E-state index is 13.4. The van der Waals surface area contributed by atoms with Gasteiger partial charge in [0.25, 0.3) is 0 Å². The lowest BCUT2D eigenvalue weighted by Crippen LogP contribution is -2.43. The number of carbonyl (C=O) groups is 1. The lowest BCUT2D eigenvalue weighted by atomic mass is 9.85. The molecule has 0 unspecified atom stereocenters. The summed E-state index contributed by atoms with van der Waals surface area (Å²) in [5.41, 5.74) is -0.662. The molecule has 1 aromatic heterocycles. The van der Waals surface area contributed by atoms with Crippen molar-refractivity contribution in [3.63, 3.8) is 0 Å². The molecule has 0 radical (unpaired) electrons. The van der Waals surface area contributed by atoms with E-state index in [-0.39, 0.29) is 11.5 Å². The average Bonchev–Trinajstić information content (AvgIpc) is 3.73. The number of nitrogens with zero attached hydrogens (tertiary/aromatic N) is 4. The van der Waals surface area contributed by atoms with Gasteiger partial charge in [0.15, 0.2) is 5.82 Å². The highest BCUT2D eigenvalue weighted by molar-refractivity contribution is 5.69. The van der Waals surface area contributed by atoms with Crippen LogP contribution < -0.4 is 0 Å². The standard InChI is InChI=1S/C28H46N4O3/c1-27(2,3)34-26(33)32(23-17-22(23)19-9-7-6-8-10-19)18-28(15-16-28)25-29-24(35-30-25)20-11-13-21(14-12-20)31(4)5/h19-23H,6-18H2,1-5H3/t20?,21?,22-,23+/m0/s1. The zero-order valence-electron chi connectivity index (χ0n) is 22.6. The average molecular weight is 487 g/mol. The zero-order chi connectivity index (χ0) is 24.8. The number of rotatable bonds is 7. The van der Waals surface area contributed by atoms with E-state index in [1.54, 1.807) is 0 Å². The summed E-state index contributed by atoms with van der Waals surface area (Å²) in [5.74, 6) is 3.38. The largest absolute Gasteiger partial charge is 0.444 e. The second kappa shape index (κ2) is 9.68. The van der Waals surface area contributed by atoms with E-state index >= 15 is 0 Å². The van der Waals surface area contributed by atoms with Crippen molar-refractivity contribution < 1.29 is 14.1 Å². The molecule has 4 aliphatic carbocycles. The topological polar surface area (TPSA) is 71.7 Å². The molecule has 7 heteroatoms. The second-order valence-electron chi connectivity index (χ2n) is 13.2. The van der Waals surface area contributed by atoms with E-state index in [0.717, 1.165) is 49.7 Å². The van der Waals surface area contributed by atoms with Crippen LogP contribution in [0.5, 0.6) is 0 Å². The molecule has 35 heavy (non-hydrogen) atoms. The van der Waals surface area contributed by atoms with Crippen molar-refractivity contribution in [3.05, 3.63) is 11.7 Å². The number of hydrogen-bond acceptors (Lipinski definition) is 6. The Morgan fingerprint density at radius 1 is 1.06 bits per heavy atom. The summed E-state index contributed by atoms with van der Waals surface area (Å²) in [5, 5.41) is 4.48. The first-order chi connectivity index (χ1) is 16.7. The molecule has 0 N–H and O–H groups in total. The van der Waals surface area contributed by atoms with Gasteiger partial charge in [-0.25, -0.2) is 4.79 Å². The normalized spacial score (nSPS) is 30.8. The lowest BCUT2D eigenvalue weighted by molar-refractivity contribution is 0.0193. The van der Waals surface area contributed by atoms with E-state index in [2.05, 4.69) is 29.1 Å². The van der Waals surface area contributed by atoms with Crippen molar-refractivity contribution in [2.24, 2.45) is 11.8 Å². The fourth-order valence-electron chi connectivity index (χ4n) is 6.65. The van der Waals surface area contributed by atoms with Gasteiger partial charge in [-0.2, -0.15) is 4.98 Å². The highest BCUT2D eigenvalue weighted by atomic mass is 16.6. The summed E-state index contributed by atoms with van der Waals surface area (Å²) in [6, 6.07) is 0.958. The van der Waals surface area contributed by atoms with Gasteiger partial charge in [-0.3, -0.25) is 0 Å². The van der Waals surface area contributed by atoms with Crippen molar-refractivity contribution in [1.82, 2.24) is 19.9 Å². The summed E-state index contributed by atoms with van der Waals surface area (Å²) < 4.78 is 11.7. The fourth-order valence-corrected chi connectivity index (χ4v) is 6.65. The molecule has 4 aliphatic rings. The first-order valence-corrected chi connectivity index (χ1v) is 14.2. The minimum atomic E-state index is -0.494. The maximum atomic E-state index is 13.4. The Balaban J connectivity index is 1.27. The zero-order valence-corrected chi connectivity index (χ0v) is 22.6. The molecule has 1 heterocycles. The van der Waals surface area contributed by atoms with Gasteiger partial charge in [0.1, 0.15) is 5.60 Å². The maximum Gasteiger partial charge on any atom is 0.410 e. The molecule has 0 aliphatic heterocycles. The Morgan fingerprint density at radius 3 is 2.34 bits per heavy atom. The van der Waals surface area contributed by atoms with E-state index < -0.39 is 5.60 Å². The van der Waals surface area contributed by atoms with Gasteiger partial charge >= 0.3 is 6.09 Å². The quantitative estimate of drug-likeness (QED) is 0.478. The first-order valence-electron chi connectivity index (χ1n) is 14.2. The smallest absolute Gasteiger partial charge is 0.410 e. The van der Waals surface area contributed by atoms with Gasteiger partial charge in [-0.15, -0.1) is 0 Å². The van der Waals surface area contributed by atoms with E-state index in [1.165, 1.54) is 44.9 Å². The van der Waals surface area contributed by atoms with Crippen molar-refractivity contribution >= 4 is 6.09 Å². The van der Waals surface area contributed by atoms with Crippen LogP contribution in [-0.4, -0.2) is 64.4 Å². The fraction of sp³-hybridized carbons (Fsp3) is 0.893. The van der Waals surface area contributed by atoms with Crippen molar-refractivity contribution in [2.75, 3.05) is 20.6 Å². The van der Waals surface area contributed by atoms with Crippen molar-refractivity contribution in [3.8, 4) is 0 Å². The molecule has 0 saturated heterocycles. The van der Waals surface area contributed by atoms with Crippen LogP contribution >= 0.6 is 0 Å². The summed E-state index contributed by atoms with van der Waals surface area (Å²) in [6.45, 7) is 6.52. The molecule has 0 spiro atoms. The first kappa shape index (κ1) is 25.0. The lowest BCUT2D eigenvalue weighted by Gasteiger charge is -2.31. The third-order valence-electron chi connectivity index (χ3n) is 9.11. The molecule has 0 aromatic carbocycles. The number of ether oxygens (including phenoxy) is 1. The van der Waals surface area contributed by atoms with E-state index in [1.807, 2.05) is 20.8 Å². The van der Waals surface area contributed by atoms with Gasteiger partial charge in [-0.1, -0.05) is 37.3 Å². The Kier molecular flexibility index (Phi) is 6.92. The molecule has 4 saturated carbocycles. The monoisotopic (exact) mass is 486 g/mol. The Hall–Kier alpha value is -1.63. The molecule has 5 rings (SSSR count). The van der Waals surface area contributed by atoms with Crippen LogP contribution in [0, 0.1) is 11.8 Å². The molecule has 2 atom stereocenters. The summed E-state index contributed by atoms with van der Waals surface area (Å²) in [7, 11) is 4.34. The molecule has 1 amide bonds. The number of hydrogen-bond donors (Lipinski definition) is 0. The molecule has 1 aromatic rings. The third-order valence-corrected chi connectivity index (χ3v) is 9.11. The van der Waals surface area contributed by atoms with Gasteiger partial charge in [-0.05, 0) is 91.6 Å². The summed E-state index contributed by atoms with van der Waals surface area (Å²) in [4.78, 5) is 22.7. The number of aromatic nitrogens is 2. The highest BCUT2D eigenvalue weighted by Crippen LogP contribution is 2.52. The van der Waals surface area contributed by atoms with Crippen LogP contribution in [0.3, 0.4) is 0 Å². The number of amides is 1. The Labute approximate surface area is 211 Å². The van der Waals surface area contributed by atoms with Gasteiger partial charge in [0.05, 0.1) is 5.41 Å². The van der Waals surface area contributed by atoms with Crippen LogP contribution in [0.4, 0.5) is 4.79 Å². The van der Waals surface area contributed by atoms with Crippen LogP contribution in [0.15, 0.2) is 4.52 Å². The Morgan fingerprint density at radius 2 is 1.74 bits per heavy atom. The van der Waals surface area contributed by atoms with Crippen LogP contribution in [0.2, 0.25) is 0 Å². The second-order valence-corrected chi connectivity index (χ2v) is 13.2. The van der Waals surface area contributed by atoms with Crippen molar-refractivity contribution in [2.45, 2.75) is 127 Å². The SMILES string of the molecule is CN(C)C1CCC(c2nc(C3(CN(C(=O)OC(C)(C)C)[C@@H]4C[C@H]4C4CCCCC4)CC3)no2)CC1. The molecule has 0 bridgehead atoms. The van der Waals surface area contributed by atoms with Crippen molar-refractivity contribution in [1.29, 1.82) is 0 Å². The van der Waals surface area contributed by atoms with Gasteiger partial charge in [0, 0.05) is 24.5 Å². The molecule has 4 fully saturated rings. The third kappa shape index (κ3) is 5.70. The molecule has 196 valence electrons. The summed E-state index contributed by atoms with van der Waals surface area (Å²) >= 11 is 0. The van der Waals surface area contributed by atoms with E-state index in [9.17, 15) is 4.79 Å². The molecular weight excluding hydrogens is 440 g/mol. The highest BCUT2D eigenvalue weighted by Gasteiger charge is 2.56. The van der Waals surface area contributed by atoms with Crippen LogP contribution in [-0.2, 0) is 10.2 Å². The van der Waals surface area contributed by atoms with E-state index in [0.29, 0.717) is 30.5 Å². The predicted octanol–water partition coefficient (Wildman–Crippen LogP) is 5.89. The Bertz CT molecular complexity index is 873. The van der Waals surface area contributed by atoms with E-state index in [4.69, 9.17) is 14.2 Å². The van der Waals surface area contributed by atoms with Crippen LogP contribution in [0.25, 0.3) is 0 Å². The summed E-state index contributed by atoms with van der Waals surface area (Å²) in [6.07, 6.45) is 14.2. The van der Waals surface area contributed by atoms with Crippen LogP contribution in [0.1, 0.15) is 115 Å².